The molecule has 0 aliphatic heterocycles. The van der Waals surface area contributed by atoms with Gasteiger partial charge < -0.3 is 14.5 Å². The van der Waals surface area contributed by atoms with E-state index < -0.39 is 0 Å². The van der Waals surface area contributed by atoms with Crippen LogP contribution in [0.1, 0.15) is 36.9 Å². The molecule has 3 rings (SSSR count). The molecule has 1 aromatic heterocycles. The molecule has 7 heteroatoms. The van der Waals surface area contributed by atoms with E-state index in [1.807, 2.05) is 68.4 Å². The maximum Gasteiger partial charge on any atom is 0.277 e. The zero-order valence-electron chi connectivity index (χ0n) is 16.1. The number of carbonyl (C=O) groups excluding carboxylic acids is 1. The van der Waals surface area contributed by atoms with Gasteiger partial charge in [-0.1, -0.05) is 54.2 Å². The molecule has 3 aromatic rings. The van der Waals surface area contributed by atoms with Crippen molar-refractivity contribution in [2.45, 2.75) is 36.8 Å². The van der Waals surface area contributed by atoms with Crippen molar-refractivity contribution in [1.29, 1.82) is 0 Å². The van der Waals surface area contributed by atoms with E-state index in [0.717, 1.165) is 16.9 Å². The molecular formula is C21H23N3O3S. The zero-order valence-corrected chi connectivity index (χ0v) is 16.9. The molecule has 1 N–H and O–H groups in total. The highest BCUT2D eigenvalue weighted by Crippen LogP contribution is 2.24. The third-order valence-electron chi connectivity index (χ3n) is 4.27. The van der Waals surface area contributed by atoms with E-state index in [1.54, 1.807) is 7.11 Å². The Labute approximate surface area is 168 Å². The summed E-state index contributed by atoms with van der Waals surface area (Å²) in [6, 6.07) is 17.5. The van der Waals surface area contributed by atoms with E-state index in [2.05, 4.69) is 15.5 Å². The van der Waals surface area contributed by atoms with Gasteiger partial charge in [0.2, 0.25) is 11.8 Å². The zero-order chi connectivity index (χ0) is 19.9. The van der Waals surface area contributed by atoms with Crippen molar-refractivity contribution in [1.82, 2.24) is 15.5 Å². The quantitative estimate of drug-likeness (QED) is 0.579. The van der Waals surface area contributed by atoms with Crippen LogP contribution in [-0.4, -0.2) is 28.5 Å². The molecule has 0 radical (unpaired) electrons. The van der Waals surface area contributed by atoms with E-state index in [0.29, 0.717) is 17.5 Å². The first kappa shape index (κ1) is 19.9. The third kappa shape index (κ3) is 5.36. The largest absolute Gasteiger partial charge is 0.497 e. The van der Waals surface area contributed by atoms with Crippen molar-refractivity contribution in [3.8, 4) is 5.75 Å². The maximum atomic E-state index is 12.5. The van der Waals surface area contributed by atoms with Crippen LogP contribution in [0, 0.1) is 0 Å². The highest BCUT2D eigenvalue weighted by atomic mass is 32.2. The van der Waals surface area contributed by atoms with Gasteiger partial charge >= 0.3 is 0 Å². The Morgan fingerprint density at radius 2 is 1.82 bits per heavy atom. The Kier molecular flexibility index (Phi) is 6.71. The Bertz CT molecular complexity index is 897. The molecule has 2 aromatic carbocycles. The molecule has 2 unspecified atom stereocenters. The fourth-order valence-corrected chi connectivity index (χ4v) is 3.35. The minimum atomic E-state index is -0.347. The van der Waals surface area contributed by atoms with Crippen molar-refractivity contribution in [2.75, 3.05) is 7.11 Å². The van der Waals surface area contributed by atoms with Crippen LogP contribution in [0.15, 0.2) is 64.2 Å². The maximum absolute atomic E-state index is 12.5. The smallest absolute Gasteiger partial charge is 0.277 e. The van der Waals surface area contributed by atoms with Crippen LogP contribution in [-0.2, 0) is 11.2 Å². The molecule has 0 spiro atoms. The number of aromatic nitrogens is 2. The van der Waals surface area contributed by atoms with Gasteiger partial charge in [0.15, 0.2) is 0 Å². The number of ether oxygens (including phenoxy) is 1. The summed E-state index contributed by atoms with van der Waals surface area (Å²) in [6.45, 7) is 3.79. The summed E-state index contributed by atoms with van der Waals surface area (Å²) in [5.41, 5.74) is 2.11. The summed E-state index contributed by atoms with van der Waals surface area (Å²) in [4.78, 5) is 12.5. The lowest BCUT2D eigenvalue weighted by Crippen LogP contribution is -2.33. The number of nitrogens with zero attached hydrogens (tertiary/aromatic N) is 2. The van der Waals surface area contributed by atoms with Gasteiger partial charge in [0.1, 0.15) is 5.75 Å². The standard InChI is InChI=1S/C21H23N3O3S/c1-14(17-7-5-4-6-8-17)22-20(25)15(2)28-21-24-23-19(27-21)13-16-9-11-18(26-3)12-10-16/h4-12,14-15H,13H2,1-3H3,(H,22,25). The molecule has 0 aliphatic rings. The second-order valence-electron chi connectivity index (χ2n) is 6.39. The molecule has 0 saturated carbocycles. The van der Waals surface area contributed by atoms with Gasteiger partial charge in [-0.05, 0) is 37.1 Å². The lowest BCUT2D eigenvalue weighted by molar-refractivity contribution is -0.120. The molecule has 146 valence electrons. The first-order valence-corrected chi connectivity index (χ1v) is 9.90. The monoisotopic (exact) mass is 397 g/mol. The van der Waals surface area contributed by atoms with Gasteiger partial charge in [-0.15, -0.1) is 10.2 Å². The first-order valence-electron chi connectivity index (χ1n) is 9.02. The fourth-order valence-electron chi connectivity index (χ4n) is 2.64. The van der Waals surface area contributed by atoms with Gasteiger partial charge in [-0.25, -0.2) is 0 Å². The number of nitrogens with one attached hydrogen (secondary N) is 1. The van der Waals surface area contributed by atoms with Gasteiger partial charge in [0, 0.05) is 0 Å². The summed E-state index contributed by atoms with van der Waals surface area (Å²) in [5.74, 6) is 1.24. The van der Waals surface area contributed by atoms with Crippen molar-refractivity contribution in [2.24, 2.45) is 0 Å². The average molecular weight is 398 g/mol. The van der Waals surface area contributed by atoms with Crippen LogP contribution in [0.2, 0.25) is 0 Å². The lowest BCUT2D eigenvalue weighted by Gasteiger charge is -2.16. The number of carbonyl (C=O) groups is 1. The minimum Gasteiger partial charge on any atom is -0.497 e. The number of thioether (sulfide) groups is 1. The predicted molar refractivity (Wildman–Crippen MR) is 108 cm³/mol. The van der Waals surface area contributed by atoms with Crippen molar-refractivity contribution >= 4 is 17.7 Å². The molecule has 28 heavy (non-hydrogen) atoms. The number of rotatable bonds is 8. The van der Waals surface area contributed by atoms with Crippen molar-refractivity contribution in [3.05, 3.63) is 71.6 Å². The van der Waals surface area contributed by atoms with Crippen LogP contribution < -0.4 is 10.1 Å². The van der Waals surface area contributed by atoms with Gasteiger partial charge in [-0.3, -0.25) is 4.79 Å². The number of benzene rings is 2. The number of amides is 1. The molecule has 6 nitrogen and oxygen atoms in total. The molecular weight excluding hydrogens is 374 g/mol. The Hall–Kier alpha value is -2.80. The summed E-state index contributed by atoms with van der Waals surface area (Å²) in [7, 11) is 1.63. The van der Waals surface area contributed by atoms with Crippen molar-refractivity contribution in [3.63, 3.8) is 0 Å². The molecule has 0 aliphatic carbocycles. The average Bonchev–Trinajstić information content (AvgIpc) is 3.15. The fraction of sp³-hybridized carbons (Fsp3) is 0.286. The van der Waals surface area contributed by atoms with E-state index in [1.165, 1.54) is 11.8 Å². The van der Waals surface area contributed by atoms with E-state index in [-0.39, 0.29) is 17.2 Å². The molecule has 0 saturated heterocycles. The van der Waals surface area contributed by atoms with Gasteiger partial charge in [0.25, 0.3) is 5.22 Å². The van der Waals surface area contributed by atoms with Crippen LogP contribution in [0.3, 0.4) is 0 Å². The molecule has 1 heterocycles. The predicted octanol–water partition coefficient (Wildman–Crippen LogP) is 4.03. The topological polar surface area (TPSA) is 77.2 Å². The Balaban J connectivity index is 1.54. The van der Waals surface area contributed by atoms with E-state index in [4.69, 9.17) is 9.15 Å². The lowest BCUT2D eigenvalue weighted by atomic mass is 10.1. The minimum absolute atomic E-state index is 0.0648. The highest BCUT2D eigenvalue weighted by molar-refractivity contribution is 8.00. The van der Waals surface area contributed by atoms with Crippen LogP contribution in [0.25, 0.3) is 0 Å². The van der Waals surface area contributed by atoms with Crippen LogP contribution in [0.4, 0.5) is 0 Å². The van der Waals surface area contributed by atoms with Gasteiger partial charge in [-0.2, -0.15) is 0 Å². The second kappa shape index (κ2) is 9.41. The normalized spacial score (nSPS) is 13.0. The van der Waals surface area contributed by atoms with Crippen LogP contribution >= 0.6 is 11.8 Å². The highest BCUT2D eigenvalue weighted by Gasteiger charge is 2.20. The summed E-state index contributed by atoms with van der Waals surface area (Å²) in [6.07, 6.45) is 0.531. The van der Waals surface area contributed by atoms with Crippen LogP contribution in [0.5, 0.6) is 5.75 Å². The summed E-state index contributed by atoms with van der Waals surface area (Å²) in [5, 5.41) is 11.2. The molecule has 2 atom stereocenters. The Morgan fingerprint density at radius 1 is 1.11 bits per heavy atom. The van der Waals surface area contributed by atoms with E-state index >= 15 is 0 Å². The molecule has 0 bridgehead atoms. The number of hydrogen-bond donors (Lipinski definition) is 1. The van der Waals surface area contributed by atoms with Crippen molar-refractivity contribution < 1.29 is 13.9 Å². The third-order valence-corrected chi connectivity index (χ3v) is 5.20. The summed E-state index contributed by atoms with van der Waals surface area (Å²) < 4.78 is 10.8. The summed E-state index contributed by atoms with van der Waals surface area (Å²) >= 11 is 1.25. The second-order valence-corrected chi connectivity index (χ2v) is 7.68. The molecule has 0 fully saturated rings. The van der Waals surface area contributed by atoms with Gasteiger partial charge in [0.05, 0.1) is 24.8 Å². The number of methoxy groups -OCH3 is 1. The Morgan fingerprint density at radius 3 is 2.50 bits per heavy atom. The number of hydrogen-bond acceptors (Lipinski definition) is 6. The first-order chi connectivity index (χ1) is 13.5. The SMILES string of the molecule is COc1ccc(Cc2nnc(SC(C)C(=O)NC(C)c3ccccc3)o2)cc1. The van der Waals surface area contributed by atoms with E-state index in [9.17, 15) is 4.79 Å². The molecule has 1 amide bonds.